The van der Waals surface area contributed by atoms with Crippen LogP contribution >= 0.6 is 0 Å². The molecule has 1 aromatic rings. The molecule has 1 aromatic carbocycles. The molecule has 4 heteroatoms. The van der Waals surface area contributed by atoms with Crippen molar-refractivity contribution in [1.82, 2.24) is 4.90 Å². The summed E-state index contributed by atoms with van der Waals surface area (Å²) < 4.78 is 0. The number of carbonyl (C=O) groups excluding carboxylic acids is 1. The first kappa shape index (κ1) is 12.9. The molecule has 0 aliphatic carbocycles. The number of nitrogens with zero attached hydrogens (tertiary/aromatic N) is 2. The highest BCUT2D eigenvalue weighted by Gasteiger charge is 2.30. The molecule has 0 saturated carbocycles. The van der Waals surface area contributed by atoms with E-state index in [9.17, 15) is 9.90 Å². The molecule has 1 heterocycles. The Labute approximate surface area is 108 Å². The molecular formula is C14H20N2O2. The van der Waals surface area contributed by atoms with Crippen LogP contribution in [-0.2, 0) is 4.79 Å². The molecule has 1 aliphatic rings. The quantitative estimate of drug-likeness (QED) is 0.850. The first-order valence-corrected chi connectivity index (χ1v) is 6.32. The fourth-order valence-corrected chi connectivity index (χ4v) is 2.35. The van der Waals surface area contributed by atoms with Crippen molar-refractivity contribution in [1.29, 1.82) is 0 Å². The maximum Gasteiger partial charge on any atom is 0.247 e. The lowest BCUT2D eigenvalue weighted by atomic mass is 10.1. The monoisotopic (exact) mass is 248 g/mol. The zero-order valence-electron chi connectivity index (χ0n) is 11.0. The van der Waals surface area contributed by atoms with Gasteiger partial charge in [0.15, 0.2) is 0 Å². The van der Waals surface area contributed by atoms with Crippen LogP contribution in [-0.4, -0.2) is 48.7 Å². The summed E-state index contributed by atoms with van der Waals surface area (Å²) in [5.41, 5.74) is 2.20. The Morgan fingerprint density at radius 1 is 1.28 bits per heavy atom. The number of aliphatic hydroxyl groups is 1. The number of hydrogen-bond donors (Lipinski definition) is 1. The SMILES string of the molecule is Cc1ccc(N2CCCN(C)C(=O)C2CO)cc1. The second kappa shape index (κ2) is 5.40. The number of anilines is 1. The van der Waals surface area contributed by atoms with Crippen molar-refractivity contribution in [2.24, 2.45) is 0 Å². The highest BCUT2D eigenvalue weighted by atomic mass is 16.3. The summed E-state index contributed by atoms with van der Waals surface area (Å²) in [5.74, 6) is -0.00410. The van der Waals surface area contributed by atoms with Gasteiger partial charge in [-0.05, 0) is 25.5 Å². The summed E-state index contributed by atoms with van der Waals surface area (Å²) >= 11 is 0. The van der Waals surface area contributed by atoms with Gasteiger partial charge in [0.1, 0.15) is 6.04 Å². The number of carbonyl (C=O) groups is 1. The first-order valence-electron chi connectivity index (χ1n) is 6.32. The van der Waals surface area contributed by atoms with E-state index in [-0.39, 0.29) is 12.5 Å². The highest BCUT2D eigenvalue weighted by Crippen LogP contribution is 2.21. The fourth-order valence-electron chi connectivity index (χ4n) is 2.35. The minimum Gasteiger partial charge on any atom is -0.394 e. The molecule has 0 radical (unpaired) electrons. The van der Waals surface area contributed by atoms with E-state index in [1.807, 2.05) is 36.1 Å². The van der Waals surface area contributed by atoms with Crippen LogP contribution in [0.15, 0.2) is 24.3 Å². The van der Waals surface area contributed by atoms with Crippen molar-refractivity contribution < 1.29 is 9.90 Å². The van der Waals surface area contributed by atoms with Crippen molar-refractivity contribution in [3.8, 4) is 0 Å². The van der Waals surface area contributed by atoms with Crippen LogP contribution in [0.3, 0.4) is 0 Å². The van der Waals surface area contributed by atoms with Gasteiger partial charge in [0, 0.05) is 25.8 Å². The molecular weight excluding hydrogens is 228 g/mol. The standard InChI is InChI=1S/C14H20N2O2/c1-11-4-6-12(7-5-11)16-9-3-8-15(2)14(18)13(16)10-17/h4-7,13,17H,3,8-10H2,1-2H3. The Hall–Kier alpha value is -1.55. The lowest BCUT2D eigenvalue weighted by Gasteiger charge is -2.30. The van der Waals surface area contributed by atoms with Gasteiger partial charge in [-0.2, -0.15) is 0 Å². The van der Waals surface area contributed by atoms with Gasteiger partial charge in [-0.3, -0.25) is 4.79 Å². The molecule has 1 atom stereocenters. The van der Waals surface area contributed by atoms with E-state index in [1.54, 1.807) is 11.9 Å². The second-order valence-corrected chi connectivity index (χ2v) is 4.84. The molecule has 1 N–H and O–H groups in total. The highest BCUT2D eigenvalue weighted by molar-refractivity contribution is 5.85. The molecule has 0 aromatic heterocycles. The van der Waals surface area contributed by atoms with Crippen molar-refractivity contribution >= 4 is 11.6 Å². The van der Waals surface area contributed by atoms with Crippen LogP contribution < -0.4 is 4.90 Å². The lowest BCUT2D eigenvalue weighted by Crippen LogP contribution is -2.47. The van der Waals surface area contributed by atoms with Crippen LogP contribution in [0.1, 0.15) is 12.0 Å². The average molecular weight is 248 g/mol. The van der Waals surface area contributed by atoms with Crippen molar-refractivity contribution in [3.63, 3.8) is 0 Å². The van der Waals surface area contributed by atoms with E-state index < -0.39 is 6.04 Å². The van der Waals surface area contributed by atoms with E-state index in [4.69, 9.17) is 0 Å². The lowest BCUT2D eigenvalue weighted by molar-refractivity contribution is -0.131. The molecule has 1 fully saturated rings. The summed E-state index contributed by atoms with van der Waals surface area (Å²) in [5, 5.41) is 9.50. The molecule has 0 bridgehead atoms. The third-order valence-electron chi connectivity index (χ3n) is 3.47. The molecule has 1 amide bonds. The number of benzene rings is 1. The number of aliphatic hydroxyl groups excluding tert-OH is 1. The molecule has 4 nitrogen and oxygen atoms in total. The van der Waals surface area contributed by atoms with E-state index in [0.717, 1.165) is 25.2 Å². The van der Waals surface area contributed by atoms with Gasteiger partial charge in [-0.25, -0.2) is 0 Å². The smallest absolute Gasteiger partial charge is 0.247 e. The zero-order valence-corrected chi connectivity index (χ0v) is 11.0. The number of amides is 1. The van der Waals surface area contributed by atoms with Crippen LogP contribution in [0, 0.1) is 6.92 Å². The van der Waals surface area contributed by atoms with Crippen LogP contribution in [0.25, 0.3) is 0 Å². The Kier molecular flexibility index (Phi) is 3.87. The number of aryl methyl sites for hydroxylation is 1. The Morgan fingerprint density at radius 2 is 1.94 bits per heavy atom. The van der Waals surface area contributed by atoms with Crippen LogP contribution in [0.4, 0.5) is 5.69 Å². The van der Waals surface area contributed by atoms with E-state index >= 15 is 0 Å². The Morgan fingerprint density at radius 3 is 2.56 bits per heavy atom. The Bertz CT molecular complexity index is 416. The third-order valence-corrected chi connectivity index (χ3v) is 3.47. The van der Waals surface area contributed by atoms with E-state index in [2.05, 4.69) is 0 Å². The number of hydrogen-bond acceptors (Lipinski definition) is 3. The van der Waals surface area contributed by atoms with Gasteiger partial charge >= 0.3 is 0 Å². The van der Waals surface area contributed by atoms with Gasteiger partial charge in [-0.1, -0.05) is 17.7 Å². The second-order valence-electron chi connectivity index (χ2n) is 4.84. The van der Waals surface area contributed by atoms with Crippen molar-refractivity contribution in [2.75, 3.05) is 31.6 Å². The topological polar surface area (TPSA) is 43.8 Å². The summed E-state index contributed by atoms with van der Waals surface area (Å²) in [6, 6.07) is 7.62. The summed E-state index contributed by atoms with van der Waals surface area (Å²) in [7, 11) is 1.80. The van der Waals surface area contributed by atoms with Gasteiger partial charge in [0.2, 0.25) is 5.91 Å². The molecule has 18 heavy (non-hydrogen) atoms. The fraction of sp³-hybridized carbons (Fsp3) is 0.500. The van der Waals surface area contributed by atoms with Crippen molar-refractivity contribution in [3.05, 3.63) is 29.8 Å². The maximum absolute atomic E-state index is 12.2. The number of rotatable bonds is 2. The minimum atomic E-state index is -0.458. The maximum atomic E-state index is 12.2. The first-order chi connectivity index (χ1) is 8.63. The van der Waals surface area contributed by atoms with Gasteiger partial charge < -0.3 is 14.9 Å². The van der Waals surface area contributed by atoms with Crippen LogP contribution in [0.5, 0.6) is 0 Å². The summed E-state index contributed by atoms with van der Waals surface area (Å²) in [6.45, 7) is 3.44. The predicted octanol–water partition coefficient (Wildman–Crippen LogP) is 1.02. The molecule has 1 unspecified atom stereocenters. The molecule has 98 valence electrons. The van der Waals surface area contributed by atoms with Gasteiger partial charge in [0.25, 0.3) is 0 Å². The van der Waals surface area contributed by atoms with E-state index in [0.29, 0.717) is 0 Å². The predicted molar refractivity (Wildman–Crippen MR) is 71.7 cm³/mol. The minimum absolute atomic E-state index is 0.00410. The molecule has 0 spiro atoms. The Balaban J connectivity index is 2.29. The molecule has 1 aliphatic heterocycles. The van der Waals surface area contributed by atoms with E-state index in [1.165, 1.54) is 5.56 Å². The van der Waals surface area contributed by atoms with Crippen LogP contribution in [0.2, 0.25) is 0 Å². The van der Waals surface area contributed by atoms with Gasteiger partial charge in [-0.15, -0.1) is 0 Å². The number of likely N-dealkylation sites (N-methyl/N-ethyl adjacent to an activating group) is 1. The zero-order chi connectivity index (χ0) is 13.1. The van der Waals surface area contributed by atoms with Gasteiger partial charge in [0.05, 0.1) is 6.61 Å². The summed E-state index contributed by atoms with van der Waals surface area (Å²) in [6.07, 6.45) is 0.923. The summed E-state index contributed by atoms with van der Waals surface area (Å²) in [4.78, 5) is 15.9. The average Bonchev–Trinajstić information content (AvgIpc) is 2.51. The molecule has 2 rings (SSSR count). The van der Waals surface area contributed by atoms with Crippen molar-refractivity contribution in [2.45, 2.75) is 19.4 Å². The third kappa shape index (κ3) is 2.48. The largest absolute Gasteiger partial charge is 0.394 e. The normalized spacial score (nSPS) is 21.1. The molecule has 1 saturated heterocycles.